The summed E-state index contributed by atoms with van der Waals surface area (Å²) in [4.78, 5) is 25.9. The molecule has 0 unspecified atom stereocenters. The van der Waals surface area contributed by atoms with E-state index >= 15 is 0 Å². The first-order valence-corrected chi connectivity index (χ1v) is 8.82. The molecule has 26 heavy (non-hydrogen) atoms. The predicted molar refractivity (Wildman–Crippen MR) is 101 cm³/mol. The molecule has 0 bridgehead atoms. The molecule has 0 N–H and O–H groups in total. The van der Waals surface area contributed by atoms with Crippen molar-refractivity contribution in [3.63, 3.8) is 0 Å². The molecule has 1 saturated heterocycles. The molecular weight excluding hydrogens is 330 g/mol. The van der Waals surface area contributed by atoms with Crippen molar-refractivity contribution < 1.29 is 19.1 Å². The zero-order valence-corrected chi connectivity index (χ0v) is 15.1. The normalized spacial score (nSPS) is 15.4. The van der Waals surface area contributed by atoms with E-state index in [0.717, 1.165) is 48.0 Å². The number of amides is 1. The molecule has 1 amide bonds. The molecular formula is C21H23NO4. The van der Waals surface area contributed by atoms with E-state index in [1.807, 2.05) is 36.4 Å². The highest BCUT2D eigenvalue weighted by Crippen LogP contribution is 2.22. The van der Waals surface area contributed by atoms with Crippen molar-refractivity contribution >= 4 is 28.7 Å². The van der Waals surface area contributed by atoms with Crippen LogP contribution >= 0.6 is 0 Å². The fraction of sp³-hybridized carbons (Fsp3) is 0.333. The fourth-order valence-electron chi connectivity index (χ4n) is 3.10. The quantitative estimate of drug-likeness (QED) is 0.610. The minimum atomic E-state index is -0.755. The van der Waals surface area contributed by atoms with E-state index in [0.29, 0.717) is 0 Å². The number of carbonyl (C=O) groups excluding carboxylic acids is 2. The minimum Gasteiger partial charge on any atom is -0.497 e. The van der Waals surface area contributed by atoms with Crippen LogP contribution in [0.25, 0.3) is 16.8 Å². The predicted octanol–water partition coefficient (Wildman–Crippen LogP) is 3.42. The van der Waals surface area contributed by atoms with E-state index in [1.165, 1.54) is 6.08 Å². The Morgan fingerprint density at radius 2 is 1.77 bits per heavy atom. The summed E-state index contributed by atoms with van der Waals surface area (Å²) in [5, 5.41) is 2.12. The first-order valence-electron chi connectivity index (χ1n) is 8.82. The van der Waals surface area contributed by atoms with Crippen LogP contribution in [-0.4, -0.2) is 43.1 Å². The third-order valence-electron chi connectivity index (χ3n) is 4.54. The van der Waals surface area contributed by atoms with Gasteiger partial charge in [-0.25, -0.2) is 4.79 Å². The lowest BCUT2D eigenvalue weighted by Gasteiger charge is -2.19. The van der Waals surface area contributed by atoms with Gasteiger partial charge < -0.3 is 14.4 Å². The van der Waals surface area contributed by atoms with Crippen LogP contribution in [0.4, 0.5) is 0 Å². The highest BCUT2D eigenvalue weighted by molar-refractivity contribution is 5.92. The van der Waals surface area contributed by atoms with Crippen LogP contribution in [0.2, 0.25) is 0 Å². The average molecular weight is 353 g/mol. The summed E-state index contributed by atoms with van der Waals surface area (Å²) >= 11 is 0. The number of likely N-dealkylation sites (tertiary alicyclic amines) is 1. The van der Waals surface area contributed by atoms with Crippen molar-refractivity contribution in [2.75, 3.05) is 20.2 Å². The number of esters is 1. The van der Waals surface area contributed by atoms with Gasteiger partial charge >= 0.3 is 5.97 Å². The van der Waals surface area contributed by atoms with Crippen LogP contribution in [0.1, 0.15) is 25.3 Å². The van der Waals surface area contributed by atoms with E-state index in [9.17, 15) is 9.59 Å². The van der Waals surface area contributed by atoms with Gasteiger partial charge in [0.05, 0.1) is 7.11 Å². The summed E-state index contributed by atoms with van der Waals surface area (Å²) in [6.07, 6.45) is 4.33. The fourth-order valence-corrected chi connectivity index (χ4v) is 3.10. The van der Waals surface area contributed by atoms with Gasteiger partial charge in [-0.2, -0.15) is 0 Å². The van der Waals surface area contributed by atoms with Crippen LogP contribution in [0, 0.1) is 0 Å². The van der Waals surface area contributed by atoms with Gasteiger partial charge in [0.2, 0.25) is 0 Å². The van der Waals surface area contributed by atoms with Crippen LogP contribution in [0.5, 0.6) is 5.75 Å². The Labute approximate surface area is 153 Å². The number of fused-ring (bicyclic) bond motifs is 1. The zero-order valence-electron chi connectivity index (χ0n) is 15.1. The van der Waals surface area contributed by atoms with Crippen molar-refractivity contribution in [3.05, 3.63) is 48.0 Å². The van der Waals surface area contributed by atoms with Crippen LogP contribution in [-0.2, 0) is 14.3 Å². The van der Waals surface area contributed by atoms with Crippen LogP contribution in [0.3, 0.4) is 0 Å². The van der Waals surface area contributed by atoms with Crippen LogP contribution < -0.4 is 4.74 Å². The molecule has 0 aromatic heterocycles. The highest BCUT2D eigenvalue weighted by atomic mass is 16.5. The number of methoxy groups -OCH3 is 1. The van der Waals surface area contributed by atoms with Gasteiger partial charge in [0, 0.05) is 19.2 Å². The second-order valence-corrected chi connectivity index (χ2v) is 6.42. The molecule has 136 valence electrons. The first kappa shape index (κ1) is 18.0. The molecule has 0 radical (unpaired) electrons. The standard InChI is InChI=1S/C21H23NO4/c1-15(21(24)22-11-3-4-12-22)26-20(23)10-6-16-5-7-18-14-19(25-2)9-8-17(18)13-16/h5-10,13-15H,3-4,11-12H2,1-2H3/b10-6+/t15-/m1/s1. The average Bonchev–Trinajstić information content (AvgIpc) is 3.19. The van der Waals surface area contributed by atoms with Gasteiger partial charge in [-0.3, -0.25) is 4.79 Å². The lowest BCUT2D eigenvalue weighted by molar-refractivity contribution is -0.154. The Morgan fingerprint density at radius 1 is 1.08 bits per heavy atom. The molecule has 2 aromatic rings. The number of carbonyl (C=O) groups is 2. The van der Waals surface area contributed by atoms with E-state index < -0.39 is 12.1 Å². The Hall–Kier alpha value is -2.82. The van der Waals surface area contributed by atoms with E-state index in [-0.39, 0.29) is 5.91 Å². The van der Waals surface area contributed by atoms with Gasteiger partial charge in [0.1, 0.15) is 5.75 Å². The smallest absolute Gasteiger partial charge is 0.331 e. The first-order chi connectivity index (χ1) is 12.6. The maximum absolute atomic E-state index is 12.2. The zero-order chi connectivity index (χ0) is 18.5. The molecule has 0 aliphatic carbocycles. The second-order valence-electron chi connectivity index (χ2n) is 6.42. The van der Waals surface area contributed by atoms with Gasteiger partial charge in [0.15, 0.2) is 6.10 Å². The number of benzene rings is 2. The summed E-state index contributed by atoms with van der Waals surface area (Å²) < 4.78 is 10.4. The van der Waals surface area contributed by atoms with E-state index in [1.54, 1.807) is 25.0 Å². The third-order valence-corrected chi connectivity index (χ3v) is 4.54. The van der Waals surface area contributed by atoms with Crippen molar-refractivity contribution in [2.45, 2.75) is 25.9 Å². The monoisotopic (exact) mass is 353 g/mol. The summed E-state index contributed by atoms with van der Waals surface area (Å²) in [6, 6.07) is 11.7. The second kappa shape index (κ2) is 8.04. The Morgan fingerprint density at radius 3 is 2.50 bits per heavy atom. The van der Waals surface area contributed by atoms with E-state index in [2.05, 4.69) is 0 Å². The van der Waals surface area contributed by atoms with Gasteiger partial charge in [-0.15, -0.1) is 0 Å². The summed E-state index contributed by atoms with van der Waals surface area (Å²) in [5.74, 6) is 0.171. The maximum atomic E-state index is 12.2. The van der Waals surface area contributed by atoms with Gasteiger partial charge in [-0.05, 0) is 60.4 Å². The summed E-state index contributed by atoms with van der Waals surface area (Å²) in [7, 11) is 1.64. The van der Waals surface area contributed by atoms with Crippen LogP contribution in [0.15, 0.2) is 42.5 Å². The Kier molecular flexibility index (Phi) is 5.56. The Bertz CT molecular complexity index is 837. The molecule has 5 nitrogen and oxygen atoms in total. The summed E-state index contributed by atoms with van der Waals surface area (Å²) in [5.41, 5.74) is 0.887. The molecule has 1 fully saturated rings. The number of hydrogen-bond acceptors (Lipinski definition) is 4. The molecule has 2 aromatic carbocycles. The SMILES string of the molecule is COc1ccc2cc(/C=C/C(=O)O[C@H](C)C(=O)N3CCCC3)ccc2c1. The lowest BCUT2D eigenvalue weighted by Crippen LogP contribution is -2.37. The molecule has 0 spiro atoms. The third kappa shape index (κ3) is 4.23. The number of nitrogens with zero attached hydrogens (tertiary/aromatic N) is 1. The molecule has 1 aliphatic heterocycles. The van der Waals surface area contributed by atoms with Crippen molar-refractivity contribution in [1.82, 2.24) is 4.90 Å². The number of rotatable bonds is 5. The molecule has 1 atom stereocenters. The topological polar surface area (TPSA) is 55.8 Å². The minimum absolute atomic E-state index is 0.121. The molecule has 3 rings (SSSR count). The number of ether oxygens (including phenoxy) is 2. The molecule has 1 aliphatic rings. The lowest BCUT2D eigenvalue weighted by atomic mass is 10.1. The maximum Gasteiger partial charge on any atom is 0.331 e. The molecule has 1 heterocycles. The number of hydrogen-bond donors (Lipinski definition) is 0. The van der Waals surface area contributed by atoms with E-state index in [4.69, 9.17) is 9.47 Å². The summed E-state index contributed by atoms with van der Waals surface area (Å²) in [6.45, 7) is 3.12. The van der Waals surface area contributed by atoms with Crippen molar-refractivity contribution in [2.24, 2.45) is 0 Å². The van der Waals surface area contributed by atoms with Crippen molar-refractivity contribution in [3.8, 4) is 5.75 Å². The van der Waals surface area contributed by atoms with Gasteiger partial charge in [0.25, 0.3) is 5.91 Å². The molecule has 0 saturated carbocycles. The highest BCUT2D eigenvalue weighted by Gasteiger charge is 2.25. The Balaban J connectivity index is 1.62. The van der Waals surface area contributed by atoms with Crippen molar-refractivity contribution in [1.29, 1.82) is 0 Å². The van der Waals surface area contributed by atoms with Gasteiger partial charge in [-0.1, -0.05) is 18.2 Å². The largest absolute Gasteiger partial charge is 0.497 e. The molecule has 5 heteroatoms.